The van der Waals surface area contributed by atoms with E-state index in [-0.39, 0.29) is 12.5 Å². The summed E-state index contributed by atoms with van der Waals surface area (Å²) < 4.78 is 15.8. The van der Waals surface area contributed by atoms with Crippen LogP contribution in [-0.2, 0) is 22.6 Å². The first-order chi connectivity index (χ1) is 14.2. The summed E-state index contributed by atoms with van der Waals surface area (Å²) in [5, 5.41) is 2.53. The van der Waals surface area contributed by atoms with E-state index in [0.29, 0.717) is 24.6 Å². The molecular formula is C23H30N2O5. The van der Waals surface area contributed by atoms with Crippen LogP contribution in [0.1, 0.15) is 31.9 Å². The second-order valence-electron chi connectivity index (χ2n) is 7.81. The van der Waals surface area contributed by atoms with Crippen LogP contribution in [0.15, 0.2) is 48.5 Å². The molecule has 0 bridgehead atoms. The summed E-state index contributed by atoms with van der Waals surface area (Å²) in [6.45, 7) is 5.88. The zero-order valence-electron chi connectivity index (χ0n) is 18.2. The maximum absolute atomic E-state index is 12.9. The number of nitrogens with zero attached hydrogens (tertiary/aromatic N) is 1. The molecule has 30 heavy (non-hydrogen) atoms. The first kappa shape index (κ1) is 23.1. The molecule has 2 rings (SSSR count). The van der Waals surface area contributed by atoms with Crippen molar-refractivity contribution < 1.29 is 23.8 Å². The molecule has 2 aromatic rings. The molecule has 0 spiro atoms. The average molecular weight is 415 g/mol. The standard InChI is InChI=1S/C23H30N2O5/c1-23(2,3)30-22(27)24-14-21(26)25(15-17-8-6-10-19(12-17)28-4)16-18-9-7-11-20(13-18)29-5/h6-13H,14-16H2,1-5H3,(H,24,27). The number of ether oxygens (including phenoxy) is 3. The van der Waals surface area contributed by atoms with Gasteiger partial charge in [0.25, 0.3) is 0 Å². The molecule has 0 aliphatic carbocycles. The molecule has 2 amide bonds. The Morgan fingerprint density at radius 2 is 1.40 bits per heavy atom. The van der Waals surface area contributed by atoms with E-state index in [4.69, 9.17) is 14.2 Å². The third-order valence-electron chi connectivity index (χ3n) is 4.15. The summed E-state index contributed by atoms with van der Waals surface area (Å²) in [7, 11) is 3.20. The Balaban J connectivity index is 2.14. The van der Waals surface area contributed by atoms with E-state index in [0.717, 1.165) is 11.1 Å². The SMILES string of the molecule is COc1cccc(CN(Cc2cccc(OC)c2)C(=O)CNC(=O)OC(C)(C)C)c1. The van der Waals surface area contributed by atoms with Crippen LogP contribution in [0.2, 0.25) is 0 Å². The van der Waals surface area contributed by atoms with Crippen molar-refractivity contribution in [3.63, 3.8) is 0 Å². The van der Waals surface area contributed by atoms with Crippen LogP contribution in [-0.4, -0.2) is 43.3 Å². The van der Waals surface area contributed by atoms with Gasteiger partial charge in [-0.25, -0.2) is 4.79 Å². The monoisotopic (exact) mass is 414 g/mol. The van der Waals surface area contributed by atoms with Crippen LogP contribution in [0.25, 0.3) is 0 Å². The molecule has 0 aliphatic heterocycles. The maximum Gasteiger partial charge on any atom is 0.408 e. The van der Waals surface area contributed by atoms with Crippen LogP contribution >= 0.6 is 0 Å². The average Bonchev–Trinajstić information content (AvgIpc) is 2.70. The normalized spacial score (nSPS) is 10.8. The predicted molar refractivity (Wildman–Crippen MR) is 114 cm³/mol. The minimum Gasteiger partial charge on any atom is -0.497 e. The number of rotatable bonds is 8. The number of hydrogen-bond acceptors (Lipinski definition) is 5. The van der Waals surface area contributed by atoms with E-state index in [1.54, 1.807) is 39.9 Å². The second kappa shape index (κ2) is 10.5. The Morgan fingerprint density at radius 3 is 1.83 bits per heavy atom. The minimum absolute atomic E-state index is 0.164. The van der Waals surface area contributed by atoms with Crippen LogP contribution in [0, 0.1) is 0 Å². The predicted octanol–water partition coefficient (Wildman–Crippen LogP) is 3.76. The van der Waals surface area contributed by atoms with Gasteiger partial charge in [-0.2, -0.15) is 0 Å². The Morgan fingerprint density at radius 1 is 0.900 bits per heavy atom. The van der Waals surface area contributed by atoms with Gasteiger partial charge in [-0.1, -0.05) is 24.3 Å². The topological polar surface area (TPSA) is 77.1 Å². The quantitative estimate of drug-likeness (QED) is 0.712. The van der Waals surface area contributed by atoms with E-state index < -0.39 is 11.7 Å². The lowest BCUT2D eigenvalue weighted by Crippen LogP contribution is -2.41. The summed E-state index contributed by atoms with van der Waals surface area (Å²) in [6.07, 6.45) is -0.626. The van der Waals surface area contributed by atoms with Gasteiger partial charge >= 0.3 is 6.09 Å². The first-order valence-electron chi connectivity index (χ1n) is 9.70. The molecule has 0 saturated heterocycles. The second-order valence-corrected chi connectivity index (χ2v) is 7.81. The Kier molecular flexibility index (Phi) is 8.09. The highest BCUT2D eigenvalue weighted by Crippen LogP contribution is 2.18. The van der Waals surface area contributed by atoms with E-state index in [1.807, 2.05) is 48.5 Å². The summed E-state index contributed by atoms with van der Waals surface area (Å²) in [4.78, 5) is 26.5. The molecule has 0 unspecified atom stereocenters. The third-order valence-corrected chi connectivity index (χ3v) is 4.15. The van der Waals surface area contributed by atoms with Gasteiger partial charge in [0.2, 0.25) is 5.91 Å². The van der Waals surface area contributed by atoms with Crippen molar-refractivity contribution in [1.29, 1.82) is 0 Å². The van der Waals surface area contributed by atoms with E-state index in [9.17, 15) is 9.59 Å². The minimum atomic E-state index is -0.631. The molecule has 0 radical (unpaired) electrons. The largest absolute Gasteiger partial charge is 0.497 e. The fourth-order valence-corrected chi connectivity index (χ4v) is 2.79. The highest BCUT2D eigenvalue weighted by Gasteiger charge is 2.20. The summed E-state index contributed by atoms with van der Waals surface area (Å²) >= 11 is 0. The fourth-order valence-electron chi connectivity index (χ4n) is 2.79. The van der Waals surface area contributed by atoms with Crippen LogP contribution in [0.5, 0.6) is 11.5 Å². The van der Waals surface area contributed by atoms with Crippen molar-refractivity contribution in [3.8, 4) is 11.5 Å². The lowest BCUT2D eigenvalue weighted by atomic mass is 10.1. The molecule has 0 aromatic heterocycles. The third kappa shape index (κ3) is 7.66. The molecule has 2 aromatic carbocycles. The molecule has 0 saturated carbocycles. The number of carbonyl (C=O) groups excluding carboxylic acids is 2. The molecule has 0 aliphatic rings. The van der Waals surface area contributed by atoms with Crippen LogP contribution < -0.4 is 14.8 Å². The van der Waals surface area contributed by atoms with Crippen LogP contribution in [0.4, 0.5) is 4.79 Å². The van der Waals surface area contributed by atoms with Crippen molar-refractivity contribution in [3.05, 3.63) is 59.7 Å². The fraction of sp³-hybridized carbons (Fsp3) is 0.391. The van der Waals surface area contributed by atoms with Gasteiger partial charge in [0.05, 0.1) is 14.2 Å². The molecular weight excluding hydrogens is 384 g/mol. The molecule has 1 N–H and O–H groups in total. The van der Waals surface area contributed by atoms with Gasteiger partial charge in [0, 0.05) is 13.1 Å². The van der Waals surface area contributed by atoms with E-state index in [2.05, 4.69) is 5.32 Å². The highest BCUT2D eigenvalue weighted by molar-refractivity contribution is 5.82. The maximum atomic E-state index is 12.9. The molecule has 0 heterocycles. The number of hydrogen-bond donors (Lipinski definition) is 1. The van der Waals surface area contributed by atoms with E-state index >= 15 is 0 Å². The van der Waals surface area contributed by atoms with Gasteiger partial charge < -0.3 is 24.4 Å². The van der Waals surface area contributed by atoms with Crippen molar-refractivity contribution in [2.24, 2.45) is 0 Å². The summed E-state index contributed by atoms with van der Waals surface area (Å²) in [6, 6.07) is 15.1. The van der Waals surface area contributed by atoms with Gasteiger partial charge in [0.1, 0.15) is 23.6 Å². The van der Waals surface area contributed by atoms with Gasteiger partial charge in [-0.15, -0.1) is 0 Å². The zero-order chi connectivity index (χ0) is 22.1. The number of alkyl carbamates (subject to hydrolysis) is 1. The van der Waals surface area contributed by atoms with Gasteiger partial charge in [-0.05, 0) is 56.2 Å². The van der Waals surface area contributed by atoms with E-state index in [1.165, 1.54) is 0 Å². The lowest BCUT2D eigenvalue weighted by molar-refractivity contribution is -0.131. The Bertz CT molecular complexity index is 811. The zero-order valence-corrected chi connectivity index (χ0v) is 18.2. The Labute approximate surface area is 177 Å². The van der Waals surface area contributed by atoms with Crippen molar-refractivity contribution >= 4 is 12.0 Å². The molecule has 7 nitrogen and oxygen atoms in total. The molecule has 0 atom stereocenters. The van der Waals surface area contributed by atoms with Crippen molar-refractivity contribution in [2.75, 3.05) is 20.8 Å². The van der Waals surface area contributed by atoms with Crippen LogP contribution in [0.3, 0.4) is 0 Å². The number of methoxy groups -OCH3 is 2. The van der Waals surface area contributed by atoms with Gasteiger partial charge in [-0.3, -0.25) is 4.79 Å². The Hall–Kier alpha value is -3.22. The summed E-state index contributed by atoms with van der Waals surface area (Å²) in [5.41, 5.74) is 1.21. The van der Waals surface area contributed by atoms with Crippen molar-refractivity contribution in [1.82, 2.24) is 10.2 Å². The number of nitrogens with one attached hydrogen (secondary N) is 1. The van der Waals surface area contributed by atoms with Gasteiger partial charge in [0.15, 0.2) is 0 Å². The lowest BCUT2D eigenvalue weighted by Gasteiger charge is -2.24. The molecule has 7 heteroatoms. The molecule has 0 fully saturated rings. The summed E-state index contributed by atoms with van der Waals surface area (Å²) in [5.74, 6) is 1.20. The van der Waals surface area contributed by atoms with Crippen molar-refractivity contribution in [2.45, 2.75) is 39.5 Å². The first-order valence-corrected chi connectivity index (χ1v) is 9.70. The molecule has 162 valence electrons. The number of carbonyl (C=O) groups is 2. The highest BCUT2D eigenvalue weighted by atomic mass is 16.6. The smallest absolute Gasteiger partial charge is 0.408 e. The number of benzene rings is 2. The number of amides is 2.